The van der Waals surface area contributed by atoms with Crippen LogP contribution in [0.4, 0.5) is 36.4 Å². The minimum atomic E-state index is -6.08. The number of carbonyl (C=O) groups excluding carboxylic acids is 1. The van der Waals surface area contributed by atoms with Crippen molar-refractivity contribution in [2.75, 3.05) is 11.9 Å². The van der Waals surface area contributed by atoms with E-state index in [4.69, 9.17) is 11.6 Å². The number of hydrogen-bond donors (Lipinski definition) is 1. The fourth-order valence-electron chi connectivity index (χ4n) is 5.16. The Morgan fingerprint density at radius 1 is 0.857 bits per heavy atom. The number of hydrogen-bond acceptors (Lipinski definition) is 4. The zero-order chi connectivity index (χ0) is 31.0. The molecule has 3 aromatic rings. The molecule has 4 rings (SSSR count). The van der Waals surface area contributed by atoms with Gasteiger partial charge in [-0.2, -0.15) is 26.3 Å². The molecule has 1 N–H and O–H groups in total. The van der Waals surface area contributed by atoms with E-state index in [1.807, 2.05) is 0 Å². The maximum atomic E-state index is 14.3. The lowest BCUT2D eigenvalue weighted by Crippen LogP contribution is -2.56. The summed E-state index contributed by atoms with van der Waals surface area (Å²) in [5, 5.41) is 2.10. The van der Waals surface area contributed by atoms with Crippen LogP contribution >= 0.6 is 11.6 Å². The first-order valence-electron chi connectivity index (χ1n) is 12.5. The van der Waals surface area contributed by atoms with E-state index in [1.165, 1.54) is 24.3 Å². The van der Waals surface area contributed by atoms with Crippen LogP contribution in [-0.2, 0) is 29.7 Å². The third-order valence-corrected chi connectivity index (χ3v) is 10.1. The number of halogens is 8. The van der Waals surface area contributed by atoms with E-state index in [0.29, 0.717) is 25.0 Å². The van der Waals surface area contributed by atoms with Crippen LogP contribution in [0.5, 0.6) is 0 Å². The quantitative estimate of drug-likeness (QED) is 0.203. The van der Waals surface area contributed by atoms with Crippen molar-refractivity contribution in [2.24, 2.45) is 0 Å². The average Bonchev–Trinajstić information content (AvgIpc) is 3.41. The predicted molar refractivity (Wildman–Crippen MR) is 140 cm³/mol. The topological polar surface area (TPSA) is 72.5 Å². The summed E-state index contributed by atoms with van der Waals surface area (Å²) in [6.45, 7) is -1.64. The van der Waals surface area contributed by atoms with Crippen LogP contribution in [-0.4, -0.2) is 33.3 Å². The predicted octanol–water partition coefficient (Wildman–Crippen LogP) is 7.70. The lowest BCUT2D eigenvalue weighted by molar-refractivity contribution is -0.387. The Morgan fingerprint density at radius 2 is 1.40 bits per heavy atom. The molecular weight excluding hydrogens is 615 g/mol. The summed E-state index contributed by atoms with van der Waals surface area (Å²) in [6, 6.07) is 12.4. The van der Waals surface area contributed by atoms with Crippen molar-refractivity contribution in [2.45, 2.75) is 53.3 Å². The minimum Gasteiger partial charge on any atom is -0.344 e. The van der Waals surface area contributed by atoms with Crippen LogP contribution in [0.25, 0.3) is 0 Å². The van der Waals surface area contributed by atoms with Crippen LogP contribution in [0.15, 0.2) is 77.7 Å². The largest absolute Gasteiger partial charge is 0.430 e. The number of amides is 1. The van der Waals surface area contributed by atoms with Crippen LogP contribution in [0.1, 0.15) is 36.8 Å². The highest BCUT2D eigenvalue weighted by Crippen LogP contribution is 2.54. The molecule has 0 radical (unpaired) electrons. The second-order valence-electron chi connectivity index (χ2n) is 9.73. The molecule has 1 aliphatic rings. The lowest BCUT2D eigenvalue weighted by atomic mass is 9.88. The molecule has 0 aromatic heterocycles. The first kappa shape index (κ1) is 31.8. The van der Waals surface area contributed by atoms with Gasteiger partial charge in [0.1, 0.15) is 17.2 Å². The van der Waals surface area contributed by atoms with Gasteiger partial charge in [-0.3, -0.25) is 4.79 Å². The Balaban J connectivity index is 1.72. The highest BCUT2D eigenvalue weighted by molar-refractivity contribution is 7.92. The van der Waals surface area contributed by atoms with Gasteiger partial charge in [-0.15, -0.1) is 0 Å². The average molecular weight is 638 g/mol. The van der Waals surface area contributed by atoms with Gasteiger partial charge in [-0.05, 0) is 54.8 Å². The lowest BCUT2D eigenvalue weighted by Gasteiger charge is -2.37. The van der Waals surface area contributed by atoms with E-state index >= 15 is 0 Å². The van der Waals surface area contributed by atoms with Gasteiger partial charge in [0, 0.05) is 5.56 Å². The van der Waals surface area contributed by atoms with Gasteiger partial charge in [0.15, 0.2) is 9.84 Å². The number of benzene rings is 3. The zero-order valence-electron chi connectivity index (χ0n) is 21.5. The van der Waals surface area contributed by atoms with Gasteiger partial charge < -0.3 is 10.1 Å². The standard InChI is InChI=1S/C28H23ClF7NO4S/c29-22-5-1-2-6-23(22)37-24(38)17-41-26(27(31,32)33,28(34,35)36)19-9-7-18(8-10-19)25(15-3-4-16-25)42(39,40)21-13-11-20(30)12-14-21/h1-2,5-14H,3-4,15-17H2,(H,37,38). The van der Waals surface area contributed by atoms with E-state index in [0.717, 1.165) is 36.4 Å². The van der Waals surface area contributed by atoms with Crippen molar-refractivity contribution < 1.29 is 48.7 Å². The molecule has 42 heavy (non-hydrogen) atoms. The second-order valence-corrected chi connectivity index (χ2v) is 12.4. The fourth-order valence-corrected chi connectivity index (χ4v) is 7.57. The first-order valence-corrected chi connectivity index (χ1v) is 14.3. The molecule has 5 nitrogen and oxygen atoms in total. The summed E-state index contributed by atoms with van der Waals surface area (Å²) < 4.78 is 129. The van der Waals surface area contributed by atoms with E-state index in [1.54, 1.807) is 0 Å². The second kappa shape index (κ2) is 11.5. The molecule has 1 saturated carbocycles. The smallest absolute Gasteiger partial charge is 0.344 e. The summed E-state index contributed by atoms with van der Waals surface area (Å²) in [5.41, 5.74) is -6.40. The van der Waals surface area contributed by atoms with Gasteiger partial charge in [-0.1, -0.05) is 60.8 Å². The molecule has 0 aliphatic heterocycles. The van der Waals surface area contributed by atoms with Crippen molar-refractivity contribution in [1.29, 1.82) is 0 Å². The summed E-state index contributed by atoms with van der Waals surface area (Å²) in [7, 11) is -4.24. The van der Waals surface area contributed by atoms with Crippen LogP contribution in [0, 0.1) is 5.82 Å². The highest BCUT2D eigenvalue weighted by Gasteiger charge is 2.73. The molecule has 1 amide bonds. The van der Waals surface area contributed by atoms with Gasteiger partial charge in [0.25, 0.3) is 5.60 Å². The van der Waals surface area contributed by atoms with E-state index in [9.17, 15) is 43.9 Å². The normalized spacial score (nSPS) is 15.9. The fraction of sp³-hybridized carbons (Fsp3) is 0.321. The van der Waals surface area contributed by atoms with E-state index < -0.39 is 56.4 Å². The molecule has 1 fully saturated rings. The molecule has 0 bridgehead atoms. The third kappa shape index (κ3) is 5.61. The molecule has 3 aromatic carbocycles. The van der Waals surface area contributed by atoms with Gasteiger partial charge in [0.2, 0.25) is 5.91 Å². The molecule has 14 heteroatoms. The van der Waals surface area contributed by atoms with Crippen LogP contribution in [0.2, 0.25) is 5.02 Å². The van der Waals surface area contributed by atoms with Gasteiger partial charge in [0.05, 0.1) is 15.6 Å². The highest BCUT2D eigenvalue weighted by atomic mass is 35.5. The Kier molecular flexibility index (Phi) is 8.69. The number of alkyl halides is 6. The van der Waals surface area contributed by atoms with Crippen molar-refractivity contribution in [3.8, 4) is 0 Å². The third-order valence-electron chi connectivity index (χ3n) is 7.23. The van der Waals surface area contributed by atoms with E-state index in [-0.39, 0.29) is 34.0 Å². The number of anilines is 1. The number of nitrogens with one attached hydrogen (secondary N) is 1. The number of rotatable bonds is 8. The summed E-state index contributed by atoms with van der Waals surface area (Å²) in [4.78, 5) is 12.1. The van der Waals surface area contributed by atoms with Crippen LogP contribution < -0.4 is 5.32 Å². The number of carbonyl (C=O) groups is 1. The molecule has 0 spiro atoms. The molecule has 226 valence electrons. The van der Waals surface area contributed by atoms with Gasteiger partial charge in [-0.25, -0.2) is 12.8 Å². The Labute approximate surface area is 241 Å². The van der Waals surface area contributed by atoms with Crippen molar-refractivity contribution in [1.82, 2.24) is 0 Å². The van der Waals surface area contributed by atoms with Crippen LogP contribution in [0.3, 0.4) is 0 Å². The monoisotopic (exact) mass is 637 g/mol. The Hall–Kier alpha value is -3.16. The Bertz CT molecular complexity index is 1520. The summed E-state index contributed by atoms with van der Waals surface area (Å²) in [5.74, 6) is -2.01. The number of para-hydroxylation sites is 1. The zero-order valence-corrected chi connectivity index (χ0v) is 23.1. The molecule has 0 heterocycles. The molecule has 0 unspecified atom stereocenters. The molecule has 0 atom stereocenters. The number of ether oxygens (including phenoxy) is 1. The van der Waals surface area contributed by atoms with Crippen molar-refractivity contribution >= 4 is 33.0 Å². The van der Waals surface area contributed by atoms with Crippen molar-refractivity contribution in [3.63, 3.8) is 0 Å². The Morgan fingerprint density at radius 3 is 1.93 bits per heavy atom. The van der Waals surface area contributed by atoms with E-state index in [2.05, 4.69) is 10.1 Å². The molecule has 1 aliphatic carbocycles. The maximum absolute atomic E-state index is 14.3. The van der Waals surface area contributed by atoms with Crippen molar-refractivity contribution in [3.05, 3.63) is 94.8 Å². The number of sulfone groups is 1. The SMILES string of the molecule is O=C(COC(c1ccc(C2(S(=O)(=O)c3ccc(F)cc3)CCCC2)cc1)(C(F)(F)F)C(F)(F)F)Nc1ccccc1Cl. The molecular formula is C28H23ClF7NO4S. The summed E-state index contributed by atoms with van der Waals surface area (Å²) in [6.07, 6.45) is -11.2. The summed E-state index contributed by atoms with van der Waals surface area (Å²) >= 11 is 5.88. The first-order chi connectivity index (χ1) is 19.5. The maximum Gasteiger partial charge on any atom is 0.430 e. The minimum absolute atomic E-state index is 0.00391. The van der Waals surface area contributed by atoms with Gasteiger partial charge >= 0.3 is 12.4 Å². The molecule has 0 saturated heterocycles.